The summed E-state index contributed by atoms with van der Waals surface area (Å²) in [7, 11) is 0. The lowest BCUT2D eigenvalue weighted by molar-refractivity contribution is 0.152. The summed E-state index contributed by atoms with van der Waals surface area (Å²) in [5.41, 5.74) is 2.91. The molecule has 0 amide bonds. The Balaban J connectivity index is 2.01. The number of hydrogen-bond donors (Lipinski definition) is 1. The zero-order chi connectivity index (χ0) is 10.3. The maximum absolute atomic E-state index is 6.07. The van der Waals surface area contributed by atoms with E-state index in [4.69, 9.17) is 11.6 Å². The lowest BCUT2D eigenvalue weighted by Crippen LogP contribution is -2.48. The molecule has 0 spiro atoms. The van der Waals surface area contributed by atoms with Gasteiger partial charge in [-0.15, -0.1) is 0 Å². The van der Waals surface area contributed by atoms with E-state index in [0.29, 0.717) is 6.04 Å². The van der Waals surface area contributed by atoms with Crippen LogP contribution in [-0.2, 0) is 6.42 Å². The van der Waals surface area contributed by atoms with E-state index in [2.05, 4.69) is 22.3 Å². The Hall–Kier alpha value is -0.570. The van der Waals surface area contributed by atoms with Crippen molar-refractivity contribution in [2.45, 2.75) is 12.5 Å². The van der Waals surface area contributed by atoms with Crippen molar-refractivity contribution in [3.05, 3.63) is 34.3 Å². The number of piperazine rings is 1. The Bertz CT molecular complexity index is 378. The van der Waals surface area contributed by atoms with Crippen LogP contribution in [0.1, 0.15) is 17.2 Å². The third kappa shape index (κ3) is 1.67. The Labute approximate surface area is 95.2 Å². The first kappa shape index (κ1) is 9.64. The molecule has 1 fully saturated rings. The Morgan fingerprint density at radius 3 is 3.20 bits per heavy atom. The van der Waals surface area contributed by atoms with Gasteiger partial charge in [0, 0.05) is 37.2 Å². The maximum atomic E-state index is 6.07. The van der Waals surface area contributed by atoms with Gasteiger partial charge in [-0.1, -0.05) is 17.7 Å². The standard InChI is InChI=1S/C12H15ClN2/c13-10-2-1-9-3-5-15-6-4-14-8-12(15)11(9)7-10/h1-2,7,12,14H,3-6,8H2/t12-/m0/s1. The topological polar surface area (TPSA) is 15.3 Å². The summed E-state index contributed by atoms with van der Waals surface area (Å²) in [5, 5.41) is 4.32. The molecule has 3 heteroatoms. The minimum atomic E-state index is 0.543. The second-order valence-electron chi connectivity index (χ2n) is 4.35. The normalized spacial score (nSPS) is 25.8. The van der Waals surface area contributed by atoms with E-state index >= 15 is 0 Å². The van der Waals surface area contributed by atoms with Crippen LogP contribution in [0, 0.1) is 0 Å². The third-order valence-corrected chi connectivity index (χ3v) is 3.72. The van der Waals surface area contributed by atoms with Crippen LogP contribution in [0.15, 0.2) is 18.2 Å². The summed E-state index contributed by atoms with van der Waals surface area (Å²) in [6.07, 6.45) is 1.17. The van der Waals surface area contributed by atoms with E-state index < -0.39 is 0 Å². The van der Waals surface area contributed by atoms with Crippen LogP contribution in [0.3, 0.4) is 0 Å². The molecular weight excluding hydrogens is 208 g/mol. The Morgan fingerprint density at radius 1 is 1.33 bits per heavy atom. The molecule has 3 rings (SSSR count). The van der Waals surface area contributed by atoms with Gasteiger partial charge >= 0.3 is 0 Å². The molecule has 0 radical (unpaired) electrons. The lowest BCUT2D eigenvalue weighted by Gasteiger charge is -2.40. The van der Waals surface area contributed by atoms with Gasteiger partial charge < -0.3 is 5.32 Å². The highest BCUT2D eigenvalue weighted by molar-refractivity contribution is 6.30. The van der Waals surface area contributed by atoms with Gasteiger partial charge in [0.05, 0.1) is 0 Å². The van der Waals surface area contributed by atoms with Crippen LogP contribution >= 0.6 is 11.6 Å². The molecule has 2 nitrogen and oxygen atoms in total. The van der Waals surface area contributed by atoms with Crippen LogP contribution < -0.4 is 5.32 Å². The van der Waals surface area contributed by atoms with Crippen molar-refractivity contribution >= 4 is 11.6 Å². The molecule has 2 aliphatic rings. The van der Waals surface area contributed by atoms with Crippen LogP contribution in [0.25, 0.3) is 0 Å². The molecule has 2 heterocycles. The first-order valence-corrected chi connectivity index (χ1v) is 5.95. The van der Waals surface area contributed by atoms with Crippen molar-refractivity contribution in [2.75, 3.05) is 26.2 Å². The highest BCUT2D eigenvalue weighted by Crippen LogP contribution is 2.32. The molecule has 0 aromatic heterocycles. The zero-order valence-corrected chi connectivity index (χ0v) is 9.43. The summed E-state index contributed by atoms with van der Waals surface area (Å²) < 4.78 is 0. The van der Waals surface area contributed by atoms with Crippen LogP contribution in [-0.4, -0.2) is 31.1 Å². The van der Waals surface area contributed by atoms with E-state index in [9.17, 15) is 0 Å². The maximum Gasteiger partial charge on any atom is 0.0476 e. The van der Waals surface area contributed by atoms with Crippen molar-refractivity contribution in [3.63, 3.8) is 0 Å². The van der Waals surface area contributed by atoms with Crippen molar-refractivity contribution in [1.82, 2.24) is 10.2 Å². The summed E-state index contributed by atoms with van der Waals surface area (Å²) in [4.78, 5) is 2.56. The van der Waals surface area contributed by atoms with Crippen molar-refractivity contribution in [3.8, 4) is 0 Å². The molecule has 1 aromatic rings. The van der Waals surface area contributed by atoms with E-state index in [1.165, 1.54) is 24.1 Å². The van der Waals surface area contributed by atoms with Crippen LogP contribution in [0.2, 0.25) is 5.02 Å². The molecule has 0 bridgehead atoms. The highest BCUT2D eigenvalue weighted by atomic mass is 35.5. The fourth-order valence-electron chi connectivity index (χ4n) is 2.69. The number of nitrogens with one attached hydrogen (secondary N) is 1. The zero-order valence-electron chi connectivity index (χ0n) is 8.67. The summed E-state index contributed by atoms with van der Waals surface area (Å²) >= 11 is 6.07. The molecule has 2 aliphatic heterocycles. The smallest absolute Gasteiger partial charge is 0.0476 e. The predicted molar refractivity (Wildman–Crippen MR) is 62.3 cm³/mol. The van der Waals surface area contributed by atoms with Gasteiger partial charge in [0.2, 0.25) is 0 Å². The number of halogens is 1. The monoisotopic (exact) mass is 222 g/mol. The average Bonchev–Trinajstić information content (AvgIpc) is 2.29. The van der Waals surface area contributed by atoms with Gasteiger partial charge in [-0.05, 0) is 29.7 Å². The van der Waals surface area contributed by atoms with Crippen LogP contribution in [0.4, 0.5) is 0 Å². The molecule has 1 N–H and O–H groups in total. The predicted octanol–water partition coefficient (Wildman–Crippen LogP) is 1.84. The first-order chi connectivity index (χ1) is 7.34. The fourth-order valence-corrected chi connectivity index (χ4v) is 2.87. The number of rotatable bonds is 0. The second kappa shape index (κ2) is 3.78. The largest absolute Gasteiger partial charge is 0.314 e. The van der Waals surface area contributed by atoms with Crippen molar-refractivity contribution in [1.29, 1.82) is 0 Å². The summed E-state index contributed by atoms with van der Waals surface area (Å²) in [6.45, 7) is 4.54. The fraction of sp³-hybridized carbons (Fsp3) is 0.500. The van der Waals surface area contributed by atoms with Gasteiger partial charge in [0.15, 0.2) is 0 Å². The number of fused-ring (bicyclic) bond motifs is 3. The van der Waals surface area contributed by atoms with E-state index in [1.54, 1.807) is 0 Å². The number of benzene rings is 1. The van der Waals surface area contributed by atoms with Crippen molar-refractivity contribution in [2.24, 2.45) is 0 Å². The summed E-state index contributed by atoms with van der Waals surface area (Å²) in [5.74, 6) is 0. The van der Waals surface area contributed by atoms with Gasteiger partial charge in [-0.25, -0.2) is 0 Å². The molecule has 15 heavy (non-hydrogen) atoms. The molecule has 0 saturated carbocycles. The third-order valence-electron chi connectivity index (χ3n) is 3.49. The minimum absolute atomic E-state index is 0.543. The Morgan fingerprint density at radius 2 is 2.27 bits per heavy atom. The number of nitrogens with zero attached hydrogens (tertiary/aromatic N) is 1. The van der Waals surface area contributed by atoms with E-state index in [-0.39, 0.29) is 0 Å². The Kier molecular flexibility index (Phi) is 2.43. The van der Waals surface area contributed by atoms with Gasteiger partial charge in [0.25, 0.3) is 0 Å². The molecule has 0 unspecified atom stereocenters. The average molecular weight is 223 g/mol. The highest BCUT2D eigenvalue weighted by Gasteiger charge is 2.29. The first-order valence-electron chi connectivity index (χ1n) is 5.58. The lowest BCUT2D eigenvalue weighted by atomic mass is 9.91. The summed E-state index contributed by atoms with van der Waals surface area (Å²) in [6, 6.07) is 6.87. The quantitative estimate of drug-likeness (QED) is 0.721. The SMILES string of the molecule is Clc1ccc2c(c1)[C@@H]1CNCCN1CC2. The molecule has 0 aliphatic carbocycles. The van der Waals surface area contributed by atoms with E-state index in [1.807, 2.05) is 6.07 Å². The van der Waals surface area contributed by atoms with Crippen LogP contribution in [0.5, 0.6) is 0 Å². The minimum Gasteiger partial charge on any atom is -0.314 e. The van der Waals surface area contributed by atoms with Crippen molar-refractivity contribution < 1.29 is 0 Å². The number of hydrogen-bond acceptors (Lipinski definition) is 2. The van der Waals surface area contributed by atoms with Gasteiger partial charge in [-0.2, -0.15) is 0 Å². The van der Waals surface area contributed by atoms with Gasteiger partial charge in [-0.3, -0.25) is 4.90 Å². The molecule has 1 aromatic carbocycles. The molecular formula is C12H15ClN2. The molecule has 1 saturated heterocycles. The molecule has 1 atom stereocenters. The second-order valence-corrected chi connectivity index (χ2v) is 4.79. The van der Waals surface area contributed by atoms with E-state index in [0.717, 1.165) is 24.7 Å². The molecule has 80 valence electrons. The van der Waals surface area contributed by atoms with Gasteiger partial charge in [0.1, 0.15) is 0 Å².